The average Bonchev–Trinajstić information content (AvgIpc) is 2.99. The molecule has 0 spiro atoms. The first-order valence-electron chi connectivity index (χ1n) is 7.67. The number of nitrogens with one attached hydrogen (secondary N) is 1. The normalized spacial score (nSPS) is 18.0. The largest absolute Gasteiger partial charge is 0.341 e. The number of likely N-dealkylation sites (tertiary alicyclic amines) is 1. The smallest absolute Gasteiger partial charge is 0.236 e. The number of nitrogens with two attached hydrogens (primary N) is 1. The third-order valence-corrected chi connectivity index (χ3v) is 4.65. The Morgan fingerprint density at radius 2 is 2.35 bits per heavy atom. The fourth-order valence-electron chi connectivity index (χ4n) is 2.78. The number of nitrogens with zero attached hydrogens (tertiary/aromatic N) is 4. The molecule has 122 valence electrons. The molecule has 1 unspecified atom stereocenters. The molecular formula is C15H20N6OS. The highest BCUT2D eigenvalue weighted by atomic mass is 32.1. The molecule has 0 radical (unpaired) electrons. The molecule has 0 aliphatic carbocycles. The van der Waals surface area contributed by atoms with Gasteiger partial charge in [0.25, 0.3) is 0 Å². The molecular weight excluding hydrogens is 312 g/mol. The summed E-state index contributed by atoms with van der Waals surface area (Å²) in [5.74, 6) is 1.01. The van der Waals surface area contributed by atoms with Crippen molar-refractivity contribution in [1.29, 1.82) is 0 Å². The molecule has 0 bridgehead atoms. The average molecular weight is 332 g/mol. The Labute approximate surface area is 138 Å². The van der Waals surface area contributed by atoms with E-state index in [-0.39, 0.29) is 18.4 Å². The van der Waals surface area contributed by atoms with E-state index in [0.29, 0.717) is 6.54 Å². The molecule has 3 heterocycles. The van der Waals surface area contributed by atoms with Gasteiger partial charge in [-0.05, 0) is 31.9 Å². The summed E-state index contributed by atoms with van der Waals surface area (Å²) in [7, 11) is 0. The first-order chi connectivity index (χ1) is 11.2. The summed E-state index contributed by atoms with van der Waals surface area (Å²) in [6.07, 6.45) is 2.01. The molecule has 0 saturated carbocycles. The third-order valence-electron chi connectivity index (χ3n) is 3.90. The number of aromatic nitrogens is 3. The summed E-state index contributed by atoms with van der Waals surface area (Å²) in [6.45, 7) is 3.45. The number of anilines is 2. The molecule has 1 aliphatic rings. The number of hydrogen-bond acceptors (Lipinski definition) is 7. The van der Waals surface area contributed by atoms with Crippen molar-refractivity contribution in [3.05, 3.63) is 28.9 Å². The van der Waals surface area contributed by atoms with Crippen LogP contribution in [-0.2, 0) is 4.79 Å². The zero-order valence-electron chi connectivity index (χ0n) is 13.0. The second-order valence-corrected chi connectivity index (χ2v) is 6.76. The fourth-order valence-corrected chi connectivity index (χ4v) is 3.38. The van der Waals surface area contributed by atoms with Crippen LogP contribution in [0.1, 0.15) is 29.5 Å². The Morgan fingerprint density at radius 3 is 3.09 bits per heavy atom. The van der Waals surface area contributed by atoms with Gasteiger partial charge < -0.3 is 16.0 Å². The van der Waals surface area contributed by atoms with E-state index in [4.69, 9.17) is 5.73 Å². The molecule has 23 heavy (non-hydrogen) atoms. The molecule has 0 aromatic carbocycles. The molecule has 1 aliphatic heterocycles. The van der Waals surface area contributed by atoms with E-state index in [0.717, 1.165) is 41.0 Å². The Kier molecular flexibility index (Phi) is 4.82. The van der Waals surface area contributed by atoms with Crippen molar-refractivity contribution in [2.75, 3.05) is 25.0 Å². The first-order valence-corrected chi connectivity index (χ1v) is 8.49. The van der Waals surface area contributed by atoms with E-state index >= 15 is 0 Å². The minimum atomic E-state index is 0.00770. The van der Waals surface area contributed by atoms with Gasteiger partial charge in [-0.2, -0.15) is 0 Å². The van der Waals surface area contributed by atoms with Gasteiger partial charge in [-0.3, -0.25) is 4.79 Å². The standard InChI is InChI=1S/C15H20N6OS/c1-10-19-20-15(23-10)18-13-6-2-5-12(17-13)11-4-3-7-21(9-11)14(22)8-16/h2,5-6,11H,3-4,7-9,16H2,1H3,(H,17,18,20). The number of pyridine rings is 1. The Bertz CT molecular complexity index is 688. The minimum Gasteiger partial charge on any atom is -0.341 e. The number of carbonyl (C=O) groups is 1. The predicted molar refractivity (Wildman–Crippen MR) is 89.8 cm³/mol. The molecule has 8 heteroatoms. The number of aryl methyl sites for hydroxylation is 1. The first kappa shape index (κ1) is 15.8. The van der Waals surface area contributed by atoms with Gasteiger partial charge >= 0.3 is 0 Å². The van der Waals surface area contributed by atoms with Crippen LogP contribution in [0, 0.1) is 6.92 Å². The second kappa shape index (κ2) is 7.01. The summed E-state index contributed by atoms with van der Waals surface area (Å²) in [5, 5.41) is 12.9. The van der Waals surface area contributed by atoms with Crippen LogP contribution in [0.25, 0.3) is 0 Å². The quantitative estimate of drug-likeness (QED) is 0.883. The van der Waals surface area contributed by atoms with E-state index in [1.807, 2.05) is 30.0 Å². The van der Waals surface area contributed by atoms with Crippen molar-refractivity contribution >= 4 is 28.2 Å². The summed E-state index contributed by atoms with van der Waals surface area (Å²) in [6, 6.07) is 5.89. The van der Waals surface area contributed by atoms with Gasteiger partial charge in [-0.25, -0.2) is 4.98 Å². The summed E-state index contributed by atoms with van der Waals surface area (Å²) >= 11 is 1.49. The van der Waals surface area contributed by atoms with E-state index < -0.39 is 0 Å². The zero-order valence-corrected chi connectivity index (χ0v) is 13.8. The number of rotatable bonds is 4. The van der Waals surface area contributed by atoms with Crippen LogP contribution >= 0.6 is 11.3 Å². The van der Waals surface area contributed by atoms with Crippen LogP contribution in [0.3, 0.4) is 0 Å². The lowest BCUT2D eigenvalue weighted by molar-refractivity contribution is -0.130. The van der Waals surface area contributed by atoms with Crippen molar-refractivity contribution in [3.63, 3.8) is 0 Å². The van der Waals surface area contributed by atoms with Gasteiger partial charge in [0.05, 0.1) is 6.54 Å². The van der Waals surface area contributed by atoms with E-state index in [1.165, 1.54) is 11.3 Å². The number of hydrogen-bond donors (Lipinski definition) is 2. The van der Waals surface area contributed by atoms with Crippen molar-refractivity contribution in [1.82, 2.24) is 20.1 Å². The van der Waals surface area contributed by atoms with E-state index in [9.17, 15) is 4.79 Å². The van der Waals surface area contributed by atoms with Gasteiger partial charge in [0.15, 0.2) is 0 Å². The molecule has 3 N–H and O–H groups in total. The second-order valence-electron chi connectivity index (χ2n) is 5.58. The van der Waals surface area contributed by atoms with Gasteiger partial charge in [-0.1, -0.05) is 17.4 Å². The minimum absolute atomic E-state index is 0.00770. The number of carbonyl (C=O) groups excluding carboxylic acids is 1. The summed E-state index contributed by atoms with van der Waals surface area (Å²) < 4.78 is 0. The lowest BCUT2D eigenvalue weighted by Crippen LogP contribution is -2.42. The van der Waals surface area contributed by atoms with Gasteiger partial charge in [-0.15, -0.1) is 10.2 Å². The molecule has 1 atom stereocenters. The van der Waals surface area contributed by atoms with Gasteiger partial charge in [0.2, 0.25) is 11.0 Å². The van der Waals surface area contributed by atoms with Crippen molar-refractivity contribution in [3.8, 4) is 0 Å². The number of amides is 1. The van der Waals surface area contributed by atoms with E-state index in [1.54, 1.807) is 0 Å². The lowest BCUT2D eigenvalue weighted by atomic mass is 9.94. The third kappa shape index (κ3) is 3.83. The van der Waals surface area contributed by atoms with Crippen molar-refractivity contribution in [2.24, 2.45) is 5.73 Å². The van der Waals surface area contributed by atoms with Crippen LogP contribution in [0.2, 0.25) is 0 Å². The molecule has 1 saturated heterocycles. The SMILES string of the molecule is Cc1nnc(Nc2cccc(C3CCCN(C(=O)CN)C3)n2)s1. The number of piperidine rings is 1. The molecule has 1 fully saturated rings. The molecule has 2 aromatic heterocycles. The lowest BCUT2D eigenvalue weighted by Gasteiger charge is -2.32. The maximum Gasteiger partial charge on any atom is 0.236 e. The highest BCUT2D eigenvalue weighted by Crippen LogP contribution is 2.27. The monoisotopic (exact) mass is 332 g/mol. The summed E-state index contributed by atoms with van der Waals surface area (Å²) in [5.41, 5.74) is 6.46. The zero-order chi connectivity index (χ0) is 16.2. The van der Waals surface area contributed by atoms with E-state index in [2.05, 4.69) is 20.5 Å². The van der Waals surface area contributed by atoms with Crippen LogP contribution in [-0.4, -0.2) is 45.6 Å². The summed E-state index contributed by atoms with van der Waals surface area (Å²) in [4.78, 5) is 18.3. The molecule has 2 aromatic rings. The maximum atomic E-state index is 11.8. The Morgan fingerprint density at radius 1 is 1.48 bits per heavy atom. The highest BCUT2D eigenvalue weighted by Gasteiger charge is 2.25. The predicted octanol–water partition coefficient (Wildman–Crippen LogP) is 1.65. The maximum absolute atomic E-state index is 11.8. The fraction of sp³-hybridized carbons (Fsp3) is 0.467. The van der Waals surface area contributed by atoms with Gasteiger partial charge in [0, 0.05) is 24.7 Å². The van der Waals surface area contributed by atoms with Gasteiger partial charge in [0.1, 0.15) is 10.8 Å². The highest BCUT2D eigenvalue weighted by molar-refractivity contribution is 7.15. The molecule has 7 nitrogen and oxygen atoms in total. The molecule has 1 amide bonds. The van der Waals surface area contributed by atoms with Crippen LogP contribution in [0.5, 0.6) is 0 Å². The van der Waals surface area contributed by atoms with Crippen LogP contribution in [0.15, 0.2) is 18.2 Å². The van der Waals surface area contributed by atoms with Crippen molar-refractivity contribution < 1.29 is 4.79 Å². The van der Waals surface area contributed by atoms with Crippen molar-refractivity contribution in [2.45, 2.75) is 25.7 Å². The topological polar surface area (TPSA) is 97.0 Å². The molecule has 3 rings (SSSR count). The Hall–Kier alpha value is -2.06. The van der Waals surface area contributed by atoms with Crippen LogP contribution in [0.4, 0.5) is 10.9 Å². The Balaban J connectivity index is 1.72. The van der Waals surface area contributed by atoms with Crippen LogP contribution < -0.4 is 11.1 Å².